The van der Waals surface area contributed by atoms with Crippen LogP contribution in [-0.4, -0.2) is 33.3 Å². The molecule has 0 aliphatic heterocycles. The molecule has 130 valence electrons. The summed E-state index contributed by atoms with van der Waals surface area (Å²) in [5.41, 5.74) is 12.2. The van der Waals surface area contributed by atoms with Gasteiger partial charge >= 0.3 is 0 Å². The molecule has 0 atom stereocenters. The average Bonchev–Trinajstić information content (AvgIpc) is 2.45. The van der Waals surface area contributed by atoms with Gasteiger partial charge in [0.2, 0.25) is 5.96 Å². The van der Waals surface area contributed by atoms with Crippen LogP contribution in [-0.2, 0) is 4.79 Å². The Hall–Kier alpha value is -2.02. The molecule has 0 saturated heterocycles. The van der Waals surface area contributed by atoms with Crippen LogP contribution in [0.2, 0.25) is 0 Å². The molecule has 0 bridgehead atoms. The fraction of sp³-hybridized carbons (Fsp3) is 0.471. The maximum absolute atomic E-state index is 12.3. The second kappa shape index (κ2) is 7.70. The van der Waals surface area contributed by atoms with Gasteiger partial charge in [-0.15, -0.1) is 11.8 Å². The van der Waals surface area contributed by atoms with E-state index in [1.54, 1.807) is 23.9 Å². The first-order chi connectivity index (χ1) is 11.3. The summed E-state index contributed by atoms with van der Waals surface area (Å²) in [7, 11) is 0. The summed E-state index contributed by atoms with van der Waals surface area (Å²) in [6, 6.07) is 6.22. The number of phenolic OH excluding ortho intramolecular Hbond substituents is 1. The van der Waals surface area contributed by atoms with Gasteiger partial charge in [-0.3, -0.25) is 4.79 Å². The Balaban J connectivity index is 2.00. The summed E-state index contributed by atoms with van der Waals surface area (Å²) in [6.07, 6.45) is 3.78. The number of aliphatic imine (C=N–C) groups is 2. The van der Waals surface area contributed by atoms with Crippen LogP contribution in [0.25, 0.3) is 0 Å². The highest BCUT2D eigenvalue weighted by Crippen LogP contribution is 2.35. The number of hydrogen-bond acceptors (Lipinski definition) is 3. The normalized spacial score (nSPS) is 16.8. The standard InChI is InChI=1S/C17H24N4O2S/c1-17(2,24-10-11-4-3-5-11)15(23)21-16(19)20-14(18)12-6-8-13(22)9-7-12/h6-9,11,22H,3-5,10H2,1-2H3,(H4,18,19,20,21,23). The topological polar surface area (TPSA) is 114 Å². The third-order valence-electron chi connectivity index (χ3n) is 4.03. The van der Waals surface area contributed by atoms with Crippen molar-refractivity contribution in [3.05, 3.63) is 29.8 Å². The minimum atomic E-state index is -0.636. The van der Waals surface area contributed by atoms with Crippen molar-refractivity contribution >= 4 is 29.5 Å². The van der Waals surface area contributed by atoms with Gasteiger partial charge in [0.1, 0.15) is 11.6 Å². The summed E-state index contributed by atoms with van der Waals surface area (Å²) in [5, 5.41) is 9.26. The maximum atomic E-state index is 12.3. The van der Waals surface area contributed by atoms with E-state index in [2.05, 4.69) is 9.98 Å². The van der Waals surface area contributed by atoms with Crippen molar-refractivity contribution in [3.8, 4) is 5.75 Å². The Morgan fingerprint density at radius 1 is 1.25 bits per heavy atom. The lowest BCUT2D eigenvalue weighted by Gasteiger charge is -2.28. The number of carbonyl (C=O) groups excluding carboxylic acids is 1. The van der Waals surface area contributed by atoms with Crippen LogP contribution < -0.4 is 11.5 Å². The van der Waals surface area contributed by atoms with Crippen molar-refractivity contribution < 1.29 is 9.90 Å². The molecule has 0 radical (unpaired) electrons. The van der Waals surface area contributed by atoms with E-state index in [9.17, 15) is 9.90 Å². The Kier molecular flexibility index (Phi) is 5.88. The predicted octanol–water partition coefficient (Wildman–Crippen LogP) is 2.25. The van der Waals surface area contributed by atoms with Gasteiger partial charge in [0.05, 0.1) is 4.75 Å². The summed E-state index contributed by atoms with van der Waals surface area (Å²) in [6.45, 7) is 3.70. The maximum Gasteiger partial charge on any atom is 0.264 e. The van der Waals surface area contributed by atoms with Crippen LogP contribution in [0.3, 0.4) is 0 Å². The third-order valence-corrected chi connectivity index (χ3v) is 5.57. The molecule has 6 nitrogen and oxygen atoms in total. The van der Waals surface area contributed by atoms with Crippen molar-refractivity contribution in [3.63, 3.8) is 0 Å². The Bertz CT molecular complexity index is 649. The second-order valence-corrected chi connectivity index (χ2v) is 8.08. The van der Waals surface area contributed by atoms with Crippen molar-refractivity contribution in [1.29, 1.82) is 0 Å². The predicted molar refractivity (Wildman–Crippen MR) is 99.3 cm³/mol. The highest BCUT2D eigenvalue weighted by atomic mass is 32.2. The second-order valence-electron chi connectivity index (χ2n) is 6.44. The number of hydrogen-bond donors (Lipinski definition) is 3. The van der Waals surface area contributed by atoms with Gasteiger partial charge in [-0.1, -0.05) is 6.42 Å². The molecule has 2 rings (SSSR count). The van der Waals surface area contributed by atoms with Gasteiger partial charge in [-0.25, -0.2) is 0 Å². The van der Waals surface area contributed by atoms with Crippen LogP contribution in [0, 0.1) is 5.92 Å². The Morgan fingerprint density at radius 3 is 2.42 bits per heavy atom. The molecule has 1 aliphatic carbocycles. The van der Waals surface area contributed by atoms with E-state index < -0.39 is 4.75 Å². The van der Waals surface area contributed by atoms with E-state index in [0.717, 1.165) is 5.75 Å². The highest BCUT2D eigenvalue weighted by Gasteiger charge is 2.30. The van der Waals surface area contributed by atoms with Crippen molar-refractivity contribution in [1.82, 2.24) is 0 Å². The molecule has 1 amide bonds. The van der Waals surface area contributed by atoms with Crippen LogP contribution in [0.4, 0.5) is 0 Å². The SMILES string of the molecule is CC(C)(SCC1CCC1)C(=O)N=C(N)/N=C(\N)c1ccc(O)cc1. The molecular formula is C17H24N4O2S. The van der Waals surface area contributed by atoms with Crippen molar-refractivity contribution in [2.24, 2.45) is 27.4 Å². The fourth-order valence-corrected chi connectivity index (χ4v) is 3.29. The van der Waals surface area contributed by atoms with Crippen LogP contribution in [0.1, 0.15) is 38.7 Å². The van der Waals surface area contributed by atoms with E-state index in [1.165, 1.54) is 31.4 Å². The van der Waals surface area contributed by atoms with E-state index >= 15 is 0 Å². The number of amides is 1. The molecular weight excluding hydrogens is 324 g/mol. The van der Waals surface area contributed by atoms with Crippen LogP contribution >= 0.6 is 11.8 Å². The monoisotopic (exact) mass is 348 g/mol. The van der Waals surface area contributed by atoms with Gasteiger partial charge in [0.25, 0.3) is 5.91 Å². The molecule has 0 heterocycles. The molecule has 1 aliphatic rings. The van der Waals surface area contributed by atoms with Gasteiger partial charge < -0.3 is 16.6 Å². The van der Waals surface area contributed by atoms with Crippen molar-refractivity contribution in [2.75, 3.05) is 5.75 Å². The first kappa shape index (κ1) is 18.3. The van der Waals surface area contributed by atoms with Gasteiger partial charge in [0, 0.05) is 5.56 Å². The van der Waals surface area contributed by atoms with E-state index in [4.69, 9.17) is 11.5 Å². The fourth-order valence-electron chi connectivity index (χ4n) is 2.13. The number of aromatic hydroxyl groups is 1. The molecule has 0 unspecified atom stereocenters. The molecule has 0 aromatic heterocycles. The van der Waals surface area contributed by atoms with E-state index in [1.807, 2.05) is 13.8 Å². The number of guanidine groups is 1. The number of thioether (sulfide) groups is 1. The zero-order chi connectivity index (χ0) is 17.7. The minimum absolute atomic E-state index is 0.133. The number of carbonyl (C=O) groups is 1. The van der Waals surface area contributed by atoms with E-state index in [0.29, 0.717) is 11.5 Å². The molecule has 1 aromatic rings. The number of rotatable bonds is 5. The third kappa shape index (κ3) is 4.99. The van der Waals surface area contributed by atoms with Gasteiger partial charge in [0.15, 0.2) is 0 Å². The average molecular weight is 348 g/mol. The molecule has 5 N–H and O–H groups in total. The lowest BCUT2D eigenvalue weighted by Crippen LogP contribution is -2.31. The number of amidine groups is 1. The lowest BCUT2D eigenvalue weighted by atomic mass is 9.87. The van der Waals surface area contributed by atoms with Gasteiger partial charge in [-0.05, 0) is 62.6 Å². The number of phenols is 1. The van der Waals surface area contributed by atoms with Crippen molar-refractivity contribution in [2.45, 2.75) is 37.9 Å². The quantitative estimate of drug-likeness (QED) is 0.558. The highest BCUT2D eigenvalue weighted by molar-refractivity contribution is 8.01. The largest absolute Gasteiger partial charge is 0.508 e. The molecule has 0 spiro atoms. The Morgan fingerprint density at radius 2 is 1.88 bits per heavy atom. The molecule has 1 aromatic carbocycles. The zero-order valence-electron chi connectivity index (χ0n) is 14.0. The first-order valence-corrected chi connectivity index (χ1v) is 8.92. The smallest absolute Gasteiger partial charge is 0.264 e. The molecule has 1 saturated carbocycles. The number of nitrogens with two attached hydrogens (primary N) is 2. The summed E-state index contributed by atoms with van der Waals surface area (Å²) in [4.78, 5) is 20.2. The van der Waals surface area contributed by atoms with Crippen LogP contribution in [0.5, 0.6) is 5.75 Å². The Labute approximate surface area is 146 Å². The molecule has 24 heavy (non-hydrogen) atoms. The summed E-state index contributed by atoms with van der Waals surface area (Å²) >= 11 is 1.61. The molecule has 1 fully saturated rings. The summed E-state index contributed by atoms with van der Waals surface area (Å²) < 4.78 is -0.636. The number of benzene rings is 1. The zero-order valence-corrected chi connectivity index (χ0v) is 14.8. The summed E-state index contributed by atoms with van der Waals surface area (Å²) in [5.74, 6) is 1.48. The van der Waals surface area contributed by atoms with Gasteiger partial charge in [-0.2, -0.15) is 9.98 Å². The molecule has 7 heteroatoms. The van der Waals surface area contributed by atoms with Crippen LogP contribution in [0.15, 0.2) is 34.3 Å². The van der Waals surface area contributed by atoms with E-state index in [-0.39, 0.29) is 23.5 Å². The first-order valence-electron chi connectivity index (χ1n) is 7.94. The number of nitrogens with zero attached hydrogens (tertiary/aromatic N) is 2. The lowest BCUT2D eigenvalue weighted by molar-refractivity contribution is -0.119. The minimum Gasteiger partial charge on any atom is -0.508 e.